The van der Waals surface area contributed by atoms with Crippen molar-refractivity contribution in [1.82, 2.24) is 19.4 Å². The first-order valence-electron chi connectivity index (χ1n) is 9.18. The van der Waals surface area contributed by atoms with E-state index < -0.39 is 0 Å². The lowest BCUT2D eigenvalue weighted by Crippen LogP contribution is -2.47. The number of aryl methyl sites for hydroxylation is 1. The molecule has 0 N–H and O–H groups in total. The highest BCUT2D eigenvalue weighted by molar-refractivity contribution is 5.54. The smallest absolute Gasteiger partial charge is 0.225 e. The molecular formula is C20H26N6. The van der Waals surface area contributed by atoms with Gasteiger partial charge in [-0.2, -0.15) is 0 Å². The van der Waals surface area contributed by atoms with Gasteiger partial charge in [0.25, 0.3) is 0 Å². The van der Waals surface area contributed by atoms with Gasteiger partial charge < -0.3 is 14.2 Å². The van der Waals surface area contributed by atoms with E-state index in [1.807, 2.05) is 19.3 Å². The van der Waals surface area contributed by atoms with Gasteiger partial charge in [-0.1, -0.05) is 20.8 Å². The van der Waals surface area contributed by atoms with Crippen LogP contribution in [0.15, 0.2) is 36.9 Å². The zero-order valence-electron chi connectivity index (χ0n) is 16.0. The molecule has 136 valence electrons. The molecule has 0 aromatic carbocycles. The Hall–Kier alpha value is -2.63. The maximum absolute atomic E-state index is 4.75. The van der Waals surface area contributed by atoms with Crippen molar-refractivity contribution in [2.75, 3.05) is 36.0 Å². The van der Waals surface area contributed by atoms with Crippen molar-refractivity contribution in [1.29, 1.82) is 0 Å². The number of imidazole rings is 1. The fourth-order valence-electron chi connectivity index (χ4n) is 3.24. The van der Waals surface area contributed by atoms with E-state index >= 15 is 0 Å². The van der Waals surface area contributed by atoms with Crippen molar-refractivity contribution in [2.45, 2.75) is 33.1 Å². The highest BCUT2D eigenvalue weighted by atomic mass is 15.3. The summed E-state index contributed by atoms with van der Waals surface area (Å²) in [7, 11) is 0. The molecule has 26 heavy (non-hydrogen) atoms. The van der Waals surface area contributed by atoms with Crippen LogP contribution < -0.4 is 9.80 Å². The van der Waals surface area contributed by atoms with Crippen LogP contribution in [0.4, 0.5) is 11.6 Å². The largest absolute Gasteiger partial charge is 0.367 e. The normalized spacial score (nSPS) is 15.7. The molecule has 1 aliphatic rings. The Morgan fingerprint density at radius 3 is 2.19 bits per heavy atom. The van der Waals surface area contributed by atoms with Gasteiger partial charge in [0.05, 0.1) is 11.4 Å². The van der Waals surface area contributed by atoms with Crippen LogP contribution in [0.1, 0.15) is 32.0 Å². The fourth-order valence-corrected chi connectivity index (χ4v) is 3.24. The van der Waals surface area contributed by atoms with E-state index in [0.29, 0.717) is 0 Å². The van der Waals surface area contributed by atoms with Gasteiger partial charge in [0.2, 0.25) is 5.95 Å². The van der Waals surface area contributed by atoms with Gasteiger partial charge in [0, 0.05) is 56.4 Å². The molecule has 1 fully saturated rings. The monoisotopic (exact) mass is 350 g/mol. The summed E-state index contributed by atoms with van der Waals surface area (Å²) in [5.41, 5.74) is 4.52. The minimum atomic E-state index is 0.0614. The standard InChI is InChI=1S/C20H26N6/c1-15-11-21-19(22-12-15)25-9-7-24(8-10-25)16-5-6-18-23-17(20(2,3)4)14-26(18)13-16/h5-6,11-14H,7-10H2,1-4H3. The lowest BCUT2D eigenvalue weighted by Gasteiger charge is -2.36. The van der Waals surface area contributed by atoms with Gasteiger partial charge in [-0.3, -0.25) is 0 Å². The van der Waals surface area contributed by atoms with Gasteiger partial charge in [-0.15, -0.1) is 0 Å². The van der Waals surface area contributed by atoms with Gasteiger partial charge in [-0.25, -0.2) is 15.0 Å². The van der Waals surface area contributed by atoms with E-state index in [0.717, 1.165) is 49.0 Å². The number of anilines is 2. The molecule has 0 aliphatic carbocycles. The predicted molar refractivity (Wildman–Crippen MR) is 105 cm³/mol. The van der Waals surface area contributed by atoms with Crippen LogP contribution in [0.2, 0.25) is 0 Å². The third-order valence-corrected chi connectivity index (χ3v) is 4.90. The first-order chi connectivity index (χ1) is 12.4. The SMILES string of the molecule is Cc1cnc(N2CCN(c3ccc4nc(C(C)(C)C)cn4c3)CC2)nc1. The van der Waals surface area contributed by atoms with Crippen LogP contribution in [0.5, 0.6) is 0 Å². The van der Waals surface area contributed by atoms with E-state index in [9.17, 15) is 0 Å². The van der Waals surface area contributed by atoms with Crippen LogP contribution in [0.3, 0.4) is 0 Å². The average Bonchev–Trinajstić information content (AvgIpc) is 3.06. The zero-order valence-corrected chi connectivity index (χ0v) is 16.0. The summed E-state index contributed by atoms with van der Waals surface area (Å²) in [5.74, 6) is 0.829. The van der Waals surface area contributed by atoms with Crippen LogP contribution in [-0.2, 0) is 5.41 Å². The summed E-state index contributed by atoms with van der Waals surface area (Å²) >= 11 is 0. The van der Waals surface area contributed by atoms with Crippen molar-refractivity contribution in [2.24, 2.45) is 0 Å². The predicted octanol–water partition coefficient (Wildman–Crippen LogP) is 3.06. The maximum Gasteiger partial charge on any atom is 0.225 e. The summed E-state index contributed by atoms with van der Waals surface area (Å²) < 4.78 is 2.14. The number of pyridine rings is 1. The lowest BCUT2D eigenvalue weighted by atomic mass is 9.93. The number of fused-ring (bicyclic) bond motifs is 1. The van der Waals surface area contributed by atoms with Crippen molar-refractivity contribution in [3.8, 4) is 0 Å². The molecule has 1 saturated heterocycles. The molecule has 0 unspecified atom stereocenters. The second-order valence-corrected chi connectivity index (χ2v) is 8.06. The molecule has 4 heterocycles. The highest BCUT2D eigenvalue weighted by Crippen LogP contribution is 2.24. The minimum absolute atomic E-state index is 0.0614. The molecule has 0 saturated carbocycles. The maximum atomic E-state index is 4.75. The van der Waals surface area contributed by atoms with Gasteiger partial charge in [-0.05, 0) is 24.6 Å². The van der Waals surface area contributed by atoms with Crippen LogP contribution in [-0.4, -0.2) is 45.5 Å². The van der Waals surface area contributed by atoms with E-state index in [1.54, 1.807) is 0 Å². The first kappa shape index (κ1) is 16.8. The Labute approximate surface area is 154 Å². The van der Waals surface area contributed by atoms with Crippen molar-refractivity contribution >= 4 is 17.3 Å². The molecule has 3 aromatic heterocycles. The van der Waals surface area contributed by atoms with E-state index in [4.69, 9.17) is 4.98 Å². The molecule has 0 amide bonds. The molecule has 0 bridgehead atoms. The molecule has 0 atom stereocenters. The van der Waals surface area contributed by atoms with Crippen LogP contribution >= 0.6 is 0 Å². The molecule has 0 radical (unpaired) electrons. The fraction of sp³-hybridized carbons (Fsp3) is 0.450. The summed E-state index contributed by atoms with van der Waals surface area (Å²) in [6.07, 6.45) is 8.10. The Kier molecular flexibility index (Phi) is 4.05. The summed E-state index contributed by atoms with van der Waals surface area (Å²) in [6.45, 7) is 12.4. The number of hydrogen-bond acceptors (Lipinski definition) is 5. The summed E-state index contributed by atoms with van der Waals surface area (Å²) in [4.78, 5) is 18.3. The van der Waals surface area contributed by atoms with Gasteiger partial charge in [0.1, 0.15) is 5.65 Å². The summed E-state index contributed by atoms with van der Waals surface area (Å²) in [5, 5.41) is 0. The Bertz CT molecular complexity index is 898. The molecular weight excluding hydrogens is 324 g/mol. The van der Waals surface area contributed by atoms with Crippen LogP contribution in [0.25, 0.3) is 5.65 Å². The third kappa shape index (κ3) is 3.23. The molecule has 0 spiro atoms. The number of hydrogen-bond donors (Lipinski definition) is 0. The zero-order chi connectivity index (χ0) is 18.3. The van der Waals surface area contributed by atoms with E-state index in [2.05, 4.69) is 69.5 Å². The number of aromatic nitrogens is 4. The third-order valence-electron chi connectivity index (χ3n) is 4.90. The quantitative estimate of drug-likeness (QED) is 0.711. The number of nitrogens with zero attached hydrogens (tertiary/aromatic N) is 6. The second kappa shape index (κ2) is 6.27. The molecule has 6 nitrogen and oxygen atoms in total. The number of rotatable bonds is 2. The molecule has 6 heteroatoms. The average molecular weight is 350 g/mol. The van der Waals surface area contributed by atoms with E-state index in [-0.39, 0.29) is 5.41 Å². The van der Waals surface area contributed by atoms with E-state index in [1.165, 1.54) is 5.69 Å². The minimum Gasteiger partial charge on any atom is -0.367 e. The van der Waals surface area contributed by atoms with Crippen LogP contribution in [0, 0.1) is 6.92 Å². The van der Waals surface area contributed by atoms with Crippen molar-refractivity contribution in [3.63, 3.8) is 0 Å². The number of piperazine rings is 1. The lowest BCUT2D eigenvalue weighted by molar-refractivity contribution is 0.573. The summed E-state index contributed by atoms with van der Waals surface area (Å²) in [6, 6.07) is 4.28. The Balaban J connectivity index is 1.49. The van der Waals surface area contributed by atoms with Gasteiger partial charge in [0.15, 0.2) is 0 Å². The molecule has 3 aromatic rings. The molecule has 1 aliphatic heterocycles. The topological polar surface area (TPSA) is 49.6 Å². The second-order valence-electron chi connectivity index (χ2n) is 8.06. The Morgan fingerprint density at radius 1 is 0.885 bits per heavy atom. The first-order valence-corrected chi connectivity index (χ1v) is 9.18. The Morgan fingerprint density at radius 2 is 1.54 bits per heavy atom. The van der Waals surface area contributed by atoms with Crippen molar-refractivity contribution < 1.29 is 0 Å². The highest BCUT2D eigenvalue weighted by Gasteiger charge is 2.21. The molecule has 4 rings (SSSR count). The van der Waals surface area contributed by atoms with Gasteiger partial charge >= 0.3 is 0 Å². The van der Waals surface area contributed by atoms with Crippen molar-refractivity contribution in [3.05, 3.63) is 48.2 Å².